The monoisotopic (exact) mass is 426 g/mol. The summed E-state index contributed by atoms with van der Waals surface area (Å²) in [7, 11) is 0. The van der Waals surface area contributed by atoms with E-state index in [1.165, 1.54) is 4.80 Å². The average Bonchev–Trinajstić information content (AvgIpc) is 3.12. The first-order chi connectivity index (χ1) is 13.4. The molecule has 10 heteroatoms. The Balaban J connectivity index is 1.45. The molecule has 0 bridgehead atoms. The fourth-order valence-electron chi connectivity index (χ4n) is 2.91. The van der Waals surface area contributed by atoms with Crippen molar-refractivity contribution in [3.05, 3.63) is 39.6 Å². The van der Waals surface area contributed by atoms with Crippen molar-refractivity contribution in [3.8, 4) is 0 Å². The highest BCUT2D eigenvalue weighted by molar-refractivity contribution is 6.42. The summed E-state index contributed by atoms with van der Waals surface area (Å²) in [5.74, 6) is 0.633. The van der Waals surface area contributed by atoms with Crippen LogP contribution in [0, 0.1) is 0 Å². The van der Waals surface area contributed by atoms with E-state index in [2.05, 4.69) is 25.6 Å². The highest BCUT2D eigenvalue weighted by Gasteiger charge is 2.21. The van der Waals surface area contributed by atoms with Crippen molar-refractivity contribution >= 4 is 29.1 Å². The van der Waals surface area contributed by atoms with E-state index in [0.717, 1.165) is 25.2 Å². The van der Waals surface area contributed by atoms with Gasteiger partial charge in [0.05, 0.1) is 22.8 Å². The van der Waals surface area contributed by atoms with E-state index in [0.29, 0.717) is 29.0 Å². The molecule has 1 atom stereocenters. The van der Waals surface area contributed by atoms with Crippen molar-refractivity contribution in [1.82, 2.24) is 30.4 Å². The zero-order valence-corrected chi connectivity index (χ0v) is 17.4. The van der Waals surface area contributed by atoms with Crippen molar-refractivity contribution in [3.63, 3.8) is 0 Å². The summed E-state index contributed by atoms with van der Waals surface area (Å²) in [5, 5.41) is 16.0. The van der Waals surface area contributed by atoms with Crippen molar-refractivity contribution in [1.29, 1.82) is 0 Å². The van der Waals surface area contributed by atoms with Gasteiger partial charge in [-0.25, -0.2) is 0 Å². The lowest BCUT2D eigenvalue weighted by Crippen LogP contribution is -2.47. The molecule has 1 saturated heterocycles. The number of nitrogens with zero attached hydrogens (tertiary/aromatic N) is 5. The summed E-state index contributed by atoms with van der Waals surface area (Å²) < 4.78 is 5.77. The molecule has 0 radical (unpaired) electrons. The van der Waals surface area contributed by atoms with Gasteiger partial charge in [-0.2, -0.15) is 4.80 Å². The number of ether oxygens (including phenoxy) is 1. The van der Waals surface area contributed by atoms with Gasteiger partial charge in [-0.05, 0) is 22.9 Å². The second-order valence-electron chi connectivity index (χ2n) is 7.11. The van der Waals surface area contributed by atoms with E-state index in [1.807, 2.05) is 26.0 Å². The lowest BCUT2D eigenvalue weighted by molar-refractivity contribution is -0.123. The molecule has 3 rings (SSSR count). The van der Waals surface area contributed by atoms with Crippen LogP contribution in [0.25, 0.3) is 0 Å². The first-order valence-electron chi connectivity index (χ1n) is 9.23. The maximum absolute atomic E-state index is 12.1. The van der Waals surface area contributed by atoms with Crippen molar-refractivity contribution in [2.24, 2.45) is 0 Å². The van der Waals surface area contributed by atoms with E-state index >= 15 is 0 Å². The van der Waals surface area contributed by atoms with Crippen LogP contribution in [0.15, 0.2) is 18.2 Å². The number of halogens is 2. The summed E-state index contributed by atoms with van der Waals surface area (Å²) >= 11 is 12.1. The SMILES string of the molecule is CC(C)c1nnn(CC(=O)NC[C@H]2CN(Cc3ccc(Cl)c(Cl)c3)CCO2)n1. The predicted octanol–water partition coefficient (Wildman–Crippen LogP) is 2.12. The summed E-state index contributed by atoms with van der Waals surface area (Å²) in [5.41, 5.74) is 1.09. The summed E-state index contributed by atoms with van der Waals surface area (Å²) in [6.45, 7) is 7.35. The van der Waals surface area contributed by atoms with Gasteiger partial charge in [-0.1, -0.05) is 43.1 Å². The molecule has 8 nitrogen and oxygen atoms in total. The fraction of sp³-hybridized carbons (Fsp3) is 0.556. The van der Waals surface area contributed by atoms with Crippen LogP contribution in [-0.2, 0) is 22.6 Å². The van der Waals surface area contributed by atoms with Gasteiger partial charge in [-0.3, -0.25) is 9.69 Å². The van der Waals surface area contributed by atoms with Crippen LogP contribution in [-0.4, -0.2) is 63.4 Å². The second-order valence-corrected chi connectivity index (χ2v) is 7.93. The van der Waals surface area contributed by atoms with Gasteiger partial charge >= 0.3 is 0 Å². The third-order valence-corrected chi connectivity index (χ3v) is 5.15. The van der Waals surface area contributed by atoms with Crippen LogP contribution in [0.4, 0.5) is 0 Å². The fourth-order valence-corrected chi connectivity index (χ4v) is 3.23. The van der Waals surface area contributed by atoms with E-state index < -0.39 is 0 Å². The molecule has 1 aliphatic heterocycles. The number of nitrogens with one attached hydrogen (secondary N) is 1. The first-order valence-corrected chi connectivity index (χ1v) is 9.98. The normalized spacial score (nSPS) is 17.8. The van der Waals surface area contributed by atoms with Crippen molar-refractivity contribution in [2.45, 2.75) is 39.0 Å². The minimum absolute atomic E-state index is 0.0411. The molecule has 1 fully saturated rings. The van der Waals surface area contributed by atoms with E-state index in [1.54, 1.807) is 6.07 Å². The van der Waals surface area contributed by atoms with Crippen LogP contribution in [0.2, 0.25) is 10.0 Å². The number of carbonyl (C=O) groups excluding carboxylic acids is 1. The Labute approximate surface area is 174 Å². The van der Waals surface area contributed by atoms with Crippen molar-refractivity contribution in [2.75, 3.05) is 26.2 Å². The van der Waals surface area contributed by atoms with Gasteiger partial charge in [0.1, 0.15) is 6.54 Å². The standard InChI is InChI=1S/C18H24Cl2N6O2/c1-12(2)18-22-24-26(23-18)11-17(27)21-8-14-10-25(5-6-28-14)9-13-3-4-15(19)16(20)7-13/h3-4,7,12,14H,5-6,8-11H2,1-2H3,(H,21,27)/t14-/m0/s1. The maximum Gasteiger partial charge on any atom is 0.243 e. The predicted molar refractivity (Wildman–Crippen MR) is 106 cm³/mol. The topological polar surface area (TPSA) is 85.2 Å². The smallest absolute Gasteiger partial charge is 0.243 e. The molecule has 28 heavy (non-hydrogen) atoms. The number of amides is 1. The lowest BCUT2D eigenvalue weighted by atomic mass is 10.2. The largest absolute Gasteiger partial charge is 0.374 e. The van der Waals surface area contributed by atoms with Crippen molar-refractivity contribution < 1.29 is 9.53 Å². The summed E-state index contributed by atoms with van der Waals surface area (Å²) in [6.07, 6.45) is -0.0737. The Kier molecular flexibility index (Phi) is 7.23. The third kappa shape index (κ3) is 5.88. The number of benzene rings is 1. The molecule has 1 aromatic carbocycles. The minimum atomic E-state index is -0.169. The van der Waals surface area contributed by atoms with Crippen LogP contribution >= 0.6 is 23.2 Å². The van der Waals surface area contributed by atoms with Crippen LogP contribution < -0.4 is 5.32 Å². The number of hydrogen-bond donors (Lipinski definition) is 1. The molecule has 1 N–H and O–H groups in total. The molecule has 0 saturated carbocycles. The molecular formula is C18H24Cl2N6O2. The quantitative estimate of drug-likeness (QED) is 0.729. The molecule has 0 spiro atoms. The number of carbonyl (C=O) groups is 1. The Morgan fingerprint density at radius 3 is 2.89 bits per heavy atom. The number of hydrogen-bond acceptors (Lipinski definition) is 6. The Hall–Kier alpha value is -1.74. The molecule has 1 aromatic heterocycles. The molecule has 0 unspecified atom stereocenters. The molecule has 1 aliphatic rings. The Morgan fingerprint density at radius 1 is 1.36 bits per heavy atom. The lowest BCUT2D eigenvalue weighted by Gasteiger charge is -2.33. The van der Waals surface area contributed by atoms with Gasteiger partial charge in [0.15, 0.2) is 5.82 Å². The average molecular weight is 427 g/mol. The zero-order valence-electron chi connectivity index (χ0n) is 15.9. The number of morpholine rings is 1. The maximum atomic E-state index is 12.1. The molecular weight excluding hydrogens is 403 g/mol. The third-order valence-electron chi connectivity index (χ3n) is 4.41. The summed E-state index contributed by atoms with van der Waals surface area (Å²) in [4.78, 5) is 15.7. The first kappa shape index (κ1) is 21.0. The van der Waals surface area contributed by atoms with E-state index in [-0.39, 0.29) is 24.5 Å². The highest BCUT2D eigenvalue weighted by atomic mass is 35.5. The molecule has 0 aliphatic carbocycles. The number of tetrazole rings is 1. The number of rotatable bonds is 7. The van der Waals surface area contributed by atoms with Gasteiger partial charge in [0, 0.05) is 32.1 Å². The van der Waals surface area contributed by atoms with Gasteiger partial charge in [0.25, 0.3) is 0 Å². The van der Waals surface area contributed by atoms with Gasteiger partial charge in [-0.15, -0.1) is 10.2 Å². The number of aromatic nitrogens is 4. The van der Waals surface area contributed by atoms with Gasteiger partial charge < -0.3 is 10.1 Å². The van der Waals surface area contributed by atoms with E-state index in [9.17, 15) is 4.79 Å². The van der Waals surface area contributed by atoms with E-state index in [4.69, 9.17) is 27.9 Å². The highest BCUT2D eigenvalue weighted by Crippen LogP contribution is 2.23. The van der Waals surface area contributed by atoms with Crippen LogP contribution in [0.1, 0.15) is 31.2 Å². The minimum Gasteiger partial charge on any atom is -0.374 e. The summed E-state index contributed by atoms with van der Waals surface area (Å²) in [6, 6.07) is 5.66. The molecule has 2 heterocycles. The Morgan fingerprint density at radius 2 is 2.18 bits per heavy atom. The van der Waals surface area contributed by atoms with Crippen LogP contribution in [0.3, 0.4) is 0 Å². The van der Waals surface area contributed by atoms with Crippen LogP contribution in [0.5, 0.6) is 0 Å². The molecule has 1 amide bonds. The van der Waals surface area contributed by atoms with Gasteiger partial charge in [0.2, 0.25) is 5.91 Å². The Bertz CT molecular complexity index is 813. The molecule has 2 aromatic rings. The molecule has 152 valence electrons. The second kappa shape index (κ2) is 9.65. The zero-order chi connectivity index (χ0) is 20.1.